The second-order valence-electron chi connectivity index (χ2n) is 4.05. The Hall–Kier alpha value is -1.85. The minimum Gasteiger partial charge on any atom is -0.394 e. The van der Waals surface area contributed by atoms with E-state index in [0.29, 0.717) is 13.1 Å². The summed E-state index contributed by atoms with van der Waals surface area (Å²) >= 11 is 0. The molecule has 2 aromatic rings. The molecule has 0 aliphatic rings. The normalized spacial score (nSPS) is 10.6. The maximum atomic E-state index is 9.04. The van der Waals surface area contributed by atoms with Gasteiger partial charge in [-0.25, -0.2) is 0 Å². The molecule has 0 unspecified atom stereocenters. The zero-order chi connectivity index (χ0) is 12.8. The number of aliphatic hydroxyl groups is 2. The minimum absolute atomic E-state index is 0.0456. The van der Waals surface area contributed by atoms with Crippen LogP contribution in [0.1, 0.15) is 11.1 Å². The summed E-state index contributed by atoms with van der Waals surface area (Å²) in [6.07, 6.45) is 3.68. The van der Waals surface area contributed by atoms with Crippen molar-refractivity contribution < 1.29 is 10.2 Å². The number of nitrogens with zero attached hydrogens (tertiary/aromatic N) is 2. The van der Waals surface area contributed by atoms with Crippen molar-refractivity contribution >= 4 is 5.69 Å². The molecule has 5 nitrogen and oxygen atoms in total. The van der Waals surface area contributed by atoms with E-state index in [0.717, 1.165) is 16.8 Å². The molecule has 0 radical (unpaired) electrons. The Morgan fingerprint density at radius 2 is 2.11 bits per heavy atom. The molecule has 0 spiro atoms. The van der Waals surface area contributed by atoms with Crippen LogP contribution in [0.3, 0.4) is 0 Å². The first-order valence-corrected chi connectivity index (χ1v) is 5.87. The summed E-state index contributed by atoms with van der Waals surface area (Å²) < 4.78 is 1.71. The van der Waals surface area contributed by atoms with Gasteiger partial charge in [0, 0.05) is 24.0 Å². The molecule has 0 saturated carbocycles. The predicted octanol–water partition coefficient (Wildman–Crippen LogP) is 0.980. The smallest absolute Gasteiger partial charge is 0.0682 e. The molecule has 2 rings (SSSR count). The fourth-order valence-electron chi connectivity index (χ4n) is 1.71. The SMILES string of the molecule is OCCn1cc(CNc2cccc(CO)c2)cn1. The Labute approximate surface area is 106 Å². The number of aliphatic hydroxyl groups excluding tert-OH is 2. The van der Waals surface area contributed by atoms with Gasteiger partial charge in [-0.3, -0.25) is 4.68 Å². The zero-order valence-electron chi connectivity index (χ0n) is 10.1. The van der Waals surface area contributed by atoms with E-state index in [1.807, 2.05) is 30.5 Å². The predicted molar refractivity (Wildman–Crippen MR) is 69.0 cm³/mol. The molecule has 0 aliphatic heterocycles. The maximum Gasteiger partial charge on any atom is 0.0682 e. The molecule has 0 bridgehead atoms. The number of nitrogens with one attached hydrogen (secondary N) is 1. The number of aromatic nitrogens is 2. The van der Waals surface area contributed by atoms with Crippen LogP contribution in [0.4, 0.5) is 5.69 Å². The van der Waals surface area contributed by atoms with Crippen molar-refractivity contribution in [2.75, 3.05) is 11.9 Å². The summed E-state index contributed by atoms with van der Waals surface area (Å²) in [7, 11) is 0. The van der Waals surface area contributed by atoms with E-state index in [9.17, 15) is 0 Å². The van der Waals surface area contributed by atoms with Crippen LogP contribution in [-0.4, -0.2) is 26.6 Å². The fraction of sp³-hybridized carbons (Fsp3) is 0.308. The van der Waals surface area contributed by atoms with Crippen LogP contribution >= 0.6 is 0 Å². The second kappa shape index (κ2) is 6.18. The lowest BCUT2D eigenvalue weighted by atomic mass is 10.2. The highest BCUT2D eigenvalue weighted by molar-refractivity contribution is 5.45. The van der Waals surface area contributed by atoms with Gasteiger partial charge >= 0.3 is 0 Å². The summed E-state index contributed by atoms with van der Waals surface area (Å²) in [5.74, 6) is 0. The van der Waals surface area contributed by atoms with Crippen LogP contribution in [0.5, 0.6) is 0 Å². The molecule has 96 valence electrons. The van der Waals surface area contributed by atoms with Gasteiger partial charge in [-0.1, -0.05) is 12.1 Å². The summed E-state index contributed by atoms with van der Waals surface area (Å²) in [5, 5.41) is 25.2. The number of rotatable bonds is 6. The molecule has 1 aromatic carbocycles. The second-order valence-corrected chi connectivity index (χ2v) is 4.05. The molecule has 3 N–H and O–H groups in total. The standard InChI is InChI=1S/C13H17N3O2/c17-5-4-16-9-12(8-15-16)7-14-13-3-1-2-11(6-13)10-18/h1-3,6,8-9,14,17-18H,4-5,7,10H2. The van der Waals surface area contributed by atoms with E-state index in [2.05, 4.69) is 10.4 Å². The van der Waals surface area contributed by atoms with Crippen LogP contribution in [0, 0.1) is 0 Å². The zero-order valence-corrected chi connectivity index (χ0v) is 10.1. The first kappa shape index (κ1) is 12.6. The Morgan fingerprint density at radius 3 is 2.89 bits per heavy atom. The average Bonchev–Trinajstić information content (AvgIpc) is 2.85. The summed E-state index contributed by atoms with van der Waals surface area (Å²) in [6, 6.07) is 7.66. The first-order chi connectivity index (χ1) is 8.81. The molecular weight excluding hydrogens is 230 g/mol. The van der Waals surface area contributed by atoms with Gasteiger partial charge in [-0.15, -0.1) is 0 Å². The van der Waals surface area contributed by atoms with Gasteiger partial charge in [-0.2, -0.15) is 5.10 Å². The van der Waals surface area contributed by atoms with E-state index >= 15 is 0 Å². The van der Waals surface area contributed by atoms with E-state index in [-0.39, 0.29) is 13.2 Å². The molecule has 0 saturated heterocycles. The number of benzene rings is 1. The average molecular weight is 247 g/mol. The number of hydrogen-bond acceptors (Lipinski definition) is 4. The summed E-state index contributed by atoms with van der Waals surface area (Å²) in [6.45, 7) is 1.32. The van der Waals surface area contributed by atoms with Gasteiger partial charge in [0.1, 0.15) is 0 Å². The summed E-state index contributed by atoms with van der Waals surface area (Å²) in [4.78, 5) is 0. The lowest BCUT2D eigenvalue weighted by Crippen LogP contribution is -2.02. The van der Waals surface area contributed by atoms with Crippen LogP contribution in [-0.2, 0) is 19.7 Å². The maximum absolute atomic E-state index is 9.04. The van der Waals surface area contributed by atoms with Crippen molar-refractivity contribution in [2.45, 2.75) is 19.7 Å². The molecule has 0 aliphatic carbocycles. The lowest BCUT2D eigenvalue weighted by Gasteiger charge is -2.06. The molecule has 1 aromatic heterocycles. The first-order valence-electron chi connectivity index (χ1n) is 5.87. The van der Waals surface area contributed by atoms with Crippen molar-refractivity contribution in [3.8, 4) is 0 Å². The van der Waals surface area contributed by atoms with Crippen LogP contribution < -0.4 is 5.32 Å². The Balaban J connectivity index is 1.93. The minimum atomic E-state index is 0.0456. The molecular formula is C13H17N3O2. The van der Waals surface area contributed by atoms with Gasteiger partial charge in [0.05, 0.1) is 26.0 Å². The molecule has 0 fully saturated rings. The molecule has 0 amide bonds. The third kappa shape index (κ3) is 3.32. The van der Waals surface area contributed by atoms with Crippen molar-refractivity contribution in [2.24, 2.45) is 0 Å². The highest BCUT2D eigenvalue weighted by atomic mass is 16.3. The summed E-state index contributed by atoms with van der Waals surface area (Å²) in [5.41, 5.74) is 2.91. The van der Waals surface area contributed by atoms with Crippen molar-refractivity contribution in [1.29, 1.82) is 0 Å². The van der Waals surface area contributed by atoms with Crippen LogP contribution in [0.15, 0.2) is 36.7 Å². The van der Waals surface area contributed by atoms with Crippen molar-refractivity contribution in [3.63, 3.8) is 0 Å². The van der Waals surface area contributed by atoms with Gasteiger partial charge in [-0.05, 0) is 17.7 Å². The Morgan fingerprint density at radius 1 is 1.22 bits per heavy atom. The topological polar surface area (TPSA) is 70.3 Å². The van der Waals surface area contributed by atoms with Gasteiger partial charge in [0.2, 0.25) is 0 Å². The third-order valence-electron chi connectivity index (χ3n) is 2.62. The number of anilines is 1. The van der Waals surface area contributed by atoms with Gasteiger partial charge in [0.15, 0.2) is 0 Å². The monoisotopic (exact) mass is 247 g/mol. The molecule has 0 atom stereocenters. The van der Waals surface area contributed by atoms with E-state index < -0.39 is 0 Å². The molecule has 18 heavy (non-hydrogen) atoms. The molecule has 1 heterocycles. The van der Waals surface area contributed by atoms with Gasteiger partial charge in [0.25, 0.3) is 0 Å². The van der Waals surface area contributed by atoms with E-state index in [4.69, 9.17) is 10.2 Å². The van der Waals surface area contributed by atoms with Gasteiger partial charge < -0.3 is 15.5 Å². The Kier molecular flexibility index (Phi) is 4.33. The quantitative estimate of drug-likeness (QED) is 0.711. The van der Waals surface area contributed by atoms with E-state index in [1.165, 1.54) is 0 Å². The number of hydrogen-bond donors (Lipinski definition) is 3. The van der Waals surface area contributed by atoms with Crippen LogP contribution in [0.25, 0.3) is 0 Å². The Bertz CT molecular complexity index is 496. The highest BCUT2D eigenvalue weighted by Gasteiger charge is 1.99. The van der Waals surface area contributed by atoms with E-state index in [1.54, 1.807) is 10.9 Å². The largest absolute Gasteiger partial charge is 0.394 e. The highest BCUT2D eigenvalue weighted by Crippen LogP contribution is 2.12. The molecule has 5 heteroatoms. The third-order valence-corrected chi connectivity index (χ3v) is 2.62. The lowest BCUT2D eigenvalue weighted by molar-refractivity contribution is 0.269. The van der Waals surface area contributed by atoms with Crippen molar-refractivity contribution in [3.05, 3.63) is 47.8 Å². The van der Waals surface area contributed by atoms with Crippen LogP contribution in [0.2, 0.25) is 0 Å². The van der Waals surface area contributed by atoms with Crippen molar-refractivity contribution in [1.82, 2.24) is 9.78 Å². The fourth-order valence-corrected chi connectivity index (χ4v) is 1.71.